The summed E-state index contributed by atoms with van der Waals surface area (Å²) < 4.78 is 12.1. The Morgan fingerprint density at radius 1 is 1.32 bits per heavy atom. The summed E-state index contributed by atoms with van der Waals surface area (Å²) in [5, 5.41) is 0.897. The quantitative estimate of drug-likeness (QED) is 0.781. The van der Waals surface area contributed by atoms with Gasteiger partial charge in [0, 0.05) is 23.0 Å². The van der Waals surface area contributed by atoms with Gasteiger partial charge in [-0.15, -0.1) is 11.3 Å². The molecule has 0 saturated heterocycles. The van der Waals surface area contributed by atoms with Crippen LogP contribution in [-0.2, 0) is 4.79 Å². The SMILES string of the molecule is COc1cccc2cc(/C=c3\s/c(=C\C(=O)C(C)(C)C)[nH]c3=O)oc12. The number of nitrogens with one attached hydrogen (secondary N) is 1. The van der Waals surface area contributed by atoms with Crippen molar-refractivity contribution in [1.82, 2.24) is 4.98 Å². The first-order valence-corrected chi connectivity index (χ1v) is 8.63. The zero-order valence-corrected chi connectivity index (χ0v) is 15.3. The maximum Gasteiger partial charge on any atom is 0.266 e. The molecule has 0 bridgehead atoms. The third kappa shape index (κ3) is 3.58. The number of hydrogen-bond acceptors (Lipinski definition) is 5. The molecule has 130 valence electrons. The van der Waals surface area contributed by atoms with Gasteiger partial charge >= 0.3 is 0 Å². The van der Waals surface area contributed by atoms with Crippen LogP contribution in [0, 0.1) is 5.41 Å². The van der Waals surface area contributed by atoms with Gasteiger partial charge in [-0.05, 0) is 12.1 Å². The molecule has 1 aromatic carbocycles. The van der Waals surface area contributed by atoms with Crippen molar-refractivity contribution in [2.45, 2.75) is 20.8 Å². The van der Waals surface area contributed by atoms with E-state index in [2.05, 4.69) is 4.98 Å². The fourth-order valence-corrected chi connectivity index (χ4v) is 3.14. The molecule has 0 aliphatic heterocycles. The molecule has 0 atom stereocenters. The summed E-state index contributed by atoms with van der Waals surface area (Å²) in [6.45, 7) is 5.52. The van der Waals surface area contributed by atoms with E-state index in [-0.39, 0.29) is 11.3 Å². The van der Waals surface area contributed by atoms with Gasteiger partial charge in [0.1, 0.15) is 5.76 Å². The highest BCUT2D eigenvalue weighted by molar-refractivity contribution is 7.07. The second kappa shape index (κ2) is 6.37. The maximum absolute atomic E-state index is 12.1. The van der Waals surface area contributed by atoms with Crippen LogP contribution in [0.2, 0.25) is 0 Å². The molecular formula is C19H19NO4S. The van der Waals surface area contributed by atoms with E-state index < -0.39 is 5.41 Å². The number of aromatic amines is 1. The van der Waals surface area contributed by atoms with E-state index in [4.69, 9.17) is 9.15 Å². The summed E-state index contributed by atoms with van der Waals surface area (Å²) in [7, 11) is 1.58. The van der Waals surface area contributed by atoms with Crippen LogP contribution in [0.15, 0.2) is 33.5 Å². The molecule has 3 rings (SSSR count). The van der Waals surface area contributed by atoms with Crippen molar-refractivity contribution in [1.29, 1.82) is 0 Å². The molecular weight excluding hydrogens is 338 g/mol. The molecule has 0 fully saturated rings. The summed E-state index contributed by atoms with van der Waals surface area (Å²) in [6.07, 6.45) is 3.15. The van der Waals surface area contributed by atoms with Crippen LogP contribution in [0.25, 0.3) is 23.1 Å². The molecule has 0 spiro atoms. The number of furan rings is 1. The number of thiazole rings is 1. The molecule has 5 nitrogen and oxygen atoms in total. The van der Waals surface area contributed by atoms with Crippen molar-refractivity contribution in [3.05, 3.63) is 49.6 Å². The molecule has 2 heterocycles. The molecule has 0 unspecified atom stereocenters. The average Bonchev–Trinajstić information content (AvgIpc) is 3.09. The predicted octanol–water partition coefficient (Wildman–Crippen LogP) is 2.42. The number of aromatic nitrogens is 1. The Hall–Kier alpha value is -2.60. The number of carbonyl (C=O) groups is 1. The lowest BCUT2D eigenvalue weighted by Gasteiger charge is -2.12. The number of ether oxygens (including phenoxy) is 1. The Labute approximate surface area is 148 Å². The smallest absolute Gasteiger partial charge is 0.266 e. The highest BCUT2D eigenvalue weighted by atomic mass is 32.1. The highest BCUT2D eigenvalue weighted by Crippen LogP contribution is 2.28. The lowest BCUT2D eigenvalue weighted by Crippen LogP contribution is -2.22. The Kier molecular flexibility index (Phi) is 4.39. The third-order valence-corrected chi connectivity index (χ3v) is 4.67. The molecule has 2 aromatic heterocycles. The topological polar surface area (TPSA) is 72.3 Å². The number of carbonyl (C=O) groups excluding carboxylic acids is 1. The molecule has 0 radical (unpaired) electrons. The predicted molar refractivity (Wildman–Crippen MR) is 99.4 cm³/mol. The monoisotopic (exact) mass is 357 g/mol. The van der Waals surface area contributed by atoms with E-state index in [9.17, 15) is 9.59 Å². The van der Waals surface area contributed by atoms with E-state index in [0.29, 0.717) is 26.3 Å². The minimum absolute atomic E-state index is 0.0370. The Morgan fingerprint density at radius 2 is 2.08 bits per heavy atom. The first kappa shape index (κ1) is 17.2. The van der Waals surface area contributed by atoms with E-state index in [0.717, 1.165) is 5.39 Å². The van der Waals surface area contributed by atoms with Crippen LogP contribution in [0.1, 0.15) is 26.5 Å². The zero-order valence-electron chi connectivity index (χ0n) is 14.5. The molecule has 0 amide bonds. The van der Waals surface area contributed by atoms with Crippen LogP contribution in [0.5, 0.6) is 5.75 Å². The van der Waals surface area contributed by atoms with Crippen LogP contribution in [-0.4, -0.2) is 17.9 Å². The highest BCUT2D eigenvalue weighted by Gasteiger charge is 2.18. The number of Topliss-reactive ketones (excluding diaryl/α,β-unsaturated/α-hetero) is 1. The minimum Gasteiger partial charge on any atom is -0.493 e. The number of hydrogen-bond donors (Lipinski definition) is 1. The zero-order chi connectivity index (χ0) is 18.2. The van der Waals surface area contributed by atoms with Gasteiger partial charge < -0.3 is 14.1 Å². The molecule has 25 heavy (non-hydrogen) atoms. The summed E-state index contributed by atoms with van der Waals surface area (Å²) in [5.74, 6) is 1.16. The summed E-state index contributed by atoms with van der Waals surface area (Å²) in [4.78, 5) is 26.9. The number of fused-ring (bicyclic) bond motifs is 1. The van der Waals surface area contributed by atoms with Gasteiger partial charge in [0.2, 0.25) is 0 Å². The molecule has 3 aromatic rings. The van der Waals surface area contributed by atoms with Crippen LogP contribution in [0.4, 0.5) is 0 Å². The fraction of sp³-hybridized carbons (Fsp3) is 0.263. The van der Waals surface area contributed by atoms with Gasteiger partial charge in [-0.1, -0.05) is 32.9 Å². The van der Waals surface area contributed by atoms with E-state index >= 15 is 0 Å². The molecule has 6 heteroatoms. The van der Waals surface area contributed by atoms with Gasteiger partial charge in [0.15, 0.2) is 17.1 Å². The number of ketones is 1. The maximum atomic E-state index is 12.1. The summed E-state index contributed by atoms with van der Waals surface area (Å²) in [5.41, 5.74) is -0.0932. The first-order chi connectivity index (χ1) is 11.8. The van der Waals surface area contributed by atoms with Crippen molar-refractivity contribution in [2.75, 3.05) is 7.11 Å². The van der Waals surface area contributed by atoms with Gasteiger partial charge in [0.05, 0.1) is 16.3 Å². The molecule has 1 N–H and O–H groups in total. The Bertz CT molecular complexity index is 1110. The molecule has 0 aliphatic carbocycles. The van der Waals surface area contributed by atoms with Gasteiger partial charge in [-0.3, -0.25) is 9.59 Å². The number of rotatable bonds is 3. The van der Waals surface area contributed by atoms with E-state index in [1.807, 2.05) is 45.0 Å². The van der Waals surface area contributed by atoms with Crippen molar-refractivity contribution in [2.24, 2.45) is 5.41 Å². The summed E-state index contributed by atoms with van der Waals surface area (Å²) >= 11 is 1.23. The summed E-state index contributed by atoms with van der Waals surface area (Å²) in [6, 6.07) is 7.46. The second-order valence-corrected chi connectivity index (χ2v) is 7.80. The minimum atomic E-state index is -0.486. The van der Waals surface area contributed by atoms with Crippen molar-refractivity contribution < 1.29 is 13.9 Å². The second-order valence-electron chi connectivity index (χ2n) is 6.72. The fourth-order valence-electron chi connectivity index (χ4n) is 2.28. The van der Waals surface area contributed by atoms with Gasteiger partial charge in [-0.2, -0.15) is 0 Å². The van der Waals surface area contributed by atoms with Crippen molar-refractivity contribution in [3.63, 3.8) is 0 Å². The molecule has 0 aliphatic rings. The first-order valence-electron chi connectivity index (χ1n) is 7.81. The Morgan fingerprint density at radius 3 is 2.76 bits per heavy atom. The number of para-hydroxylation sites is 1. The Balaban J connectivity index is 2.07. The van der Waals surface area contributed by atoms with Gasteiger partial charge in [-0.25, -0.2) is 0 Å². The standard InChI is InChI=1S/C19H19NO4S/c1-19(2,3)15(21)10-16-20-18(22)14(25-16)9-12-8-11-6-5-7-13(23-4)17(11)24-12/h5-10H,1-4H3,(H,20,22)/b14-9-,16-10-. The van der Waals surface area contributed by atoms with Crippen molar-refractivity contribution in [3.8, 4) is 5.75 Å². The average molecular weight is 357 g/mol. The number of methoxy groups -OCH3 is 1. The third-order valence-electron chi connectivity index (χ3n) is 3.70. The van der Waals surface area contributed by atoms with Crippen LogP contribution < -0.4 is 19.5 Å². The van der Waals surface area contributed by atoms with Crippen LogP contribution >= 0.6 is 11.3 Å². The molecule has 0 saturated carbocycles. The van der Waals surface area contributed by atoms with Crippen LogP contribution in [0.3, 0.4) is 0 Å². The normalized spacial score (nSPS) is 13.6. The van der Waals surface area contributed by atoms with Gasteiger partial charge in [0.25, 0.3) is 5.56 Å². The van der Waals surface area contributed by atoms with E-state index in [1.54, 1.807) is 13.2 Å². The lowest BCUT2D eigenvalue weighted by atomic mass is 9.91. The lowest BCUT2D eigenvalue weighted by molar-refractivity contribution is -0.119. The number of H-pyrrole nitrogens is 1. The largest absolute Gasteiger partial charge is 0.493 e. The number of benzene rings is 1. The van der Waals surface area contributed by atoms with E-state index in [1.165, 1.54) is 17.4 Å². The van der Waals surface area contributed by atoms with Crippen molar-refractivity contribution >= 4 is 40.2 Å².